The topological polar surface area (TPSA) is 126 Å². The van der Waals surface area contributed by atoms with Crippen molar-refractivity contribution in [1.29, 1.82) is 0 Å². The summed E-state index contributed by atoms with van der Waals surface area (Å²) in [5.41, 5.74) is 0.267. The van der Waals surface area contributed by atoms with Crippen LogP contribution in [0, 0.1) is 11.6 Å². The molecular formula is C27H22F2N6O4. The van der Waals surface area contributed by atoms with Crippen molar-refractivity contribution in [1.82, 2.24) is 25.0 Å². The number of hydrogen-bond donors (Lipinski definition) is 2. The highest BCUT2D eigenvalue weighted by molar-refractivity contribution is 5.97. The van der Waals surface area contributed by atoms with Gasteiger partial charge in [-0.2, -0.15) is 14.9 Å². The van der Waals surface area contributed by atoms with Gasteiger partial charge >= 0.3 is 0 Å². The van der Waals surface area contributed by atoms with Gasteiger partial charge < -0.3 is 14.7 Å². The molecule has 0 saturated heterocycles. The van der Waals surface area contributed by atoms with E-state index in [9.17, 15) is 19.1 Å². The summed E-state index contributed by atoms with van der Waals surface area (Å²) in [6.45, 7) is 0.230. The van der Waals surface area contributed by atoms with E-state index in [1.165, 1.54) is 60.9 Å². The minimum absolute atomic E-state index is 0.0850. The molecule has 0 bridgehead atoms. The molecule has 10 nitrogen and oxygen atoms in total. The molecule has 0 spiro atoms. The van der Waals surface area contributed by atoms with Gasteiger partial charge in [-0.1, -0.05) is 6.07 Å². The van der Waals surface area contributed by atoms with Crippen LogP contribution >= 0.6 is 0 Å². The Hall–Kier alpha value is -4.97. The molecule has 39 heavy (non-hydrogen) atoms. The SMILES string of the molecule is CN(CCO)c1n[nH]c2nccc(Oc3ccc(CC(=O)c4ccnn(-c5ccc(F)cc5)c4=O)cc3F)c12. The third-order valence-corrected chi connectivity index (χ3v) is 6.00. The van der Waals surface area contributed by atoms with Crippen LogP contribution in [0.1, 0.15) is 15.9 Å². The average molecular weight is 533 g/mol. The number of H-pyrrole nitrogens is 1. The number of likely N-dealkylation sites (N-methyl/N-ethyl adjacent to an activating group) is 1. The van der Waals surface area contributed by atoms with E-state index >= 15 is 4.39 Å². The zero-order chi connectivity index (χ0) is 27.5. The lowest BCUT2D eigenvalue weighted by atomic mass is 10.0. The maximum Gasteiger partial charge on any atom is 0.282 e. The number of aromatic nitrogens is 5. The Labute approximate surface area is 220 Å². The molecule has 0 radical (unpaired) electrons. The smallest absolute Gasteiger partial charge is 0.282 e. The van der Waals surface area contributed by atoms with Gasteiger partial charge in [-0.25, -0.2) is 13.8 Å². The standard InChI is InChI=1S/C27H22F2N6O4/c1-34(12-13-36)26-24-23(9-10-30-25(24)32-33-26)39-22-7-2-16(14-20(22)29)15-21(37)19-8-11-31-35(27(19)38)18-5-3-17(28)4-6-18/h2-11,14,36H,12-13,15H2,1H3,(H,30,32,33). The number of nitrogens with zero attached hydrogens (tertiary/aromatic N) is 5. The van der Waals surface area contributed by atoms with Gasteiger partial charge in [0.05, 0.1) is 17.9 Å². The summed E-state index contributed by atoms with van der Waals surface area (Å²) < 4.78 is 35.2. The third-order valence-electron chi connectivity index (χ3n) is 6.00. The first-order valence-corrected chi connectivity index (χ1v) is 11.8. The number of fused-ring (bicyclic) bond motifs is 1. The van der Waals surface area contributed by atoms with Crippen LogP contribution in [0.5, 0.6) is 11.5 Å². The highest BCUT2D eigenvalue weighted by Gasteiger charge is 2.19. The number of carbonyl (C=O) groups is 1. The summed E-state index contributed by atoms with van der Waals surface area (Å²) in [7, 11) is 1.74. The molecular weight excluding hydrogens is 510 g/mol. The molecule has 0 saturated carbocycles. The molecule has 0 unspecified atom stereocenters. The molecule has 3 aromatic heterocycles. The number of benzene rings is 2. The predicted octanol–water partition coefficient (Wildman–Crippen LogP) is 3.43. The van der Waals surface area contributed by atoms with Gasteiger partial charge in [0.2, 0.25) is 0 Å². The van der Waals surface area contributed by atoms with Crippen molar-refractivity contribution in [2.75, 3.05) is 25.1 Å². The maximum atomic E-state index is 15.1. The number of aliphatic hydroxyl groups excluding tert-OH is 1. The van der Waals surface area contributed by atoms with Crippen molar-refractivity contribution in [2.24, 2.45) is 0 Å². The molecule has 0 aliphatic rings. The Bertz CT molecular complexity index is 1720. The summed E-state index contributed by atoms with van der Waals surface area (Å²) in [6, 6.07) is 12.1. The molecule has 12 heteroatoms. The molecule has 0 fully saturated rings. The van der Waals surface area contributed by atoms with E-state index in [0.29, 0.717) is 40.4 Å². The highest BCUT2D eigenvalue weighted by Crippen LogP contribution is 2.35. The molecule has 198 valence electrons. The first kappa shape index (κ1) is 25.7. The average Bonchev–Trinajstić information content (AvgIpc) is 3.36. The van der Waals surface area contributed by atoms with Gasteiger partial charge in [0.15, 0.2) is 28.8 Å². The van der Waals surface area contributed by atoms with Crippen molar-refractivity contribution in [3.05, 3.63) is 100 Å². The summed E-state index contributed by atoms with van der Waals surface area (Å²) in [5.74, 6) is -1.02. The number of anilines is 1. The summed E-state index contributed by atoms with van der Waals surface area (Å²) in [4.78, 5) is 31.7. The first-order valence-electron chi connectivity index (χ1n) is 11.8. The lowest BCUT2D eigenvalue weighted by molar-refractivity contribution is 0.0991. The van der Waals surface area contributed by atoms with Crippen molar-refractivity contribution >= 4 is 22.6 Å². The summed E-state index contributed by atoms with van der Waals surface area (Å²) >= 11 is 0. The van der Waals surface area contributed by atoms with E-state index in [2.05, 4.69) is 20.3 Å². The van der Waals surface area contributed by atoms with E-state index in [4.69, 9.17) is 4.74 Å². The molecule has 0 aliphatic heterocycles. The quantitative estimate of drug-likeness (QED) is 0.277. The van der Waals surface area contributed by atoms with E-state index < -0.39 is 23.0 Å². The molecule has 2 N–H and O–H groups in total. The number of nitrogens with one attached hydrogen (secondary N) is 1. The van der Waals surface area contributed by atoms with Crippen molar-refractivity contribution in [2.45, 2.75) is 6.42 Å². The summed E-state index contributed by atoms with van der Waals surface area (Å²) in [5, 5.41) is 20.8. The van der Waals surface area contributed by atoms with E-state index in [1.807, 2.05) is 0 Å². The van der Waals surface area contributed by atoms with Crippen LogP contribution in [-0.4, -0.2) is 56.1 Å². The second kappa shape index (κ2) is 10.8. The Kier molecular flexibility index (Phi) is 7.10. The number of ketones is 1. The lowest BCUT2D eigenvalue weighted by Gasteiger charge is -2.16. The van der Waals surface area contributed by atoms with Crippen LogP contribution in [0.3, 0.4) is 0 Å². The van der Waals surface area contributed by atoms with Crippen LogP contribution in [0.25, 0.3) is 16.7 Å². The Morgan fingerprint density at radius 1 is 1.08 bits per heavy atom. The van der Waals surface area contributed by atoms with Gasteiger partial charge in [0.25, 0.3) is 5.56 Å². The zero-order valence-electron chi connectivity index (χ0n) is 20.6. The van der Waals surface area contributed by atoms with Crippen LogP contribution < -0.4 is 15.2 Å². The predicted molar refractivity (Wildman–Crippen MR) is 139 cm³/mol. The Morgan fingerprint density at radius 2 is 1.87 bits per heavy atom. The molecule has 5 aromatic rings. The molecule has 0 aliphatic carbocycles. The minimum atomic E-state index is -0.711. The monoisotopic (exact) mass is 532 g/mol. The minimum Gasteiger partial charge on any atom is -0.453 e. The number of carbonyl (C=O) groups excluding carboxylic acids is 1. The largest absolute Gasteiger partial charge is 0.453 e. The van der Waals surface area contributed by atoms with Crippen LogP contribution in [0.15, 0.2) is 71.8 Å². The number of aromatic amines is 1. The van der Waals surface area contributed by atoms with E-state index in [0.717, 1.165) is 4.68 Å². The normalized spacial score (nSPS) is 11.1. The van der Waals surface area contributed by atoms with Crippen molar-refractivity contribution in [3.8, 4) is 17.2 Å². The zero-order valence-corrected chi connectivity index (χ0v) is 20.6. The number of hydrogen-bond acceptors (Lipinski definition) is 8. The number of aliphatic hydroxyl groups is 1. The highest BCUT2D eigenvalue weighted by atomic mass is 19.1. The van der Waals surface area contributed by atoms with Gasteiger partial charge in [-0.05, 0) is 48.0 Å². The van der Waals surface area contributed by atoms with Gasteiger partial charge in [0, 0.05) is 38.5 Å². The molecule has 0 atom stereocenters. The second-order valence-electron chi connectivity index (χ2n) is 8.63. The van der Waals surface area contributed by atoms with E-state index in [-0.39, 0.29) is 24.3 Å². The third kappa shape index (κ3) is 5.22. The fourth-order valence-corrected chi connectivity index (χ4v) is 4.05. The molecule has 5 rings (SSSR count). The number of Topliss-reactive ketones (excluding diaryl/α,β-unsaturated/α-hetero) is 1. The van der Waals surface area contributed by atoms with Gasteiger partial charge in [-0.15, -0.1) is 0 Å². The van der Waals surface area contributed by atoms with Gasteiger partial charge in [0.1, 0.15) is 17.0 Å². The van der Waals surface area contributed by atoms with E-state index in [1.54, 1.807) is 18.0 Å². The Balaban J connectivity index is 1.37. The van der Waals surface area contributed by atoms with Crippen molar-refractivity contribution in [3.63, 3.8) is 0 Å². The molecule has 3 heterocycles. The van der Waals surface area contributed by atoms with Crippen LogP contribution in [-0.2, 0) is 6.42 Å². The van der Waals surface area contributed by atoms with Crippen LogP contribution in [0.2, 0.25) is 0 Å². The number of halogens is 2. The maximum absolute atomic E-state index is 15.1. The Morgan fingerprint density at radius 3 is 2.62 bits per heavy atom. The van der Waals surface area contributed by atoms with Gasteiger partial charge in [-0.3, -0.25) is 14.7 Å². The molecule has 2 aromatic carbocycles. The fourth-order valence-electron chi connectivity index (χ4n) is 4.05. The number of ether oxygens (including phenoxy) is 1. The number of pyridine rings is 1. The first-order chi connectivity index (χ1) is 18.9. The molecule has 0 amide bonds. The number of rotatable bonds is 9. The lowest BCUT2D eigenvalue weighted by Crippen LogP contribution is -2.27. The second-order valence-corrected chi connectivity index (χ2v) is 8.63. The summed E-state index contributed by atoms with van der Waals surface area (Å²) in [6.07, 6.45) is 2.55. The van der Waals surface area contributed by atoms with Crippen LogP contribution in [0.4, 0.5) is 14.6 Å². The fraction of sp³-hybridized carbons (Fsp3) is 0.148. The van der Waals surface area contributed by atoms with Crippen molar-refractivity contribution < 1.29 is 23.4 Å².